The van der Waals surface area contributed by atoms with Crippen LogP contribution in [-0.2, 0) is 22.6 Å². The van der Waals surface area contributed by atoms with E-state index in [0.717, 1.165) is 31.9 Å². The predicted octanol–water partition coefficient (Wildman–Crippen LogP) is 2.73. The van der Waals surface area contributed by atoms with Crippen molar-refractivity contribution in [1.29, 1.82) is 0 Å². The standard InChI is InChI=1S/C18H23N3O2S/c1-2-14(10-19-5-1)12-22-13-15-3-4-16-18(15)23-8-7-21(16)11-17-20-6-9-24-17/h1-2,5-6,9-10,15-16,18H,3-4,7-8,11-13H2/t15-,16-,18-/m0/s1. The Morgan fingerprint density at radius 1 is 1.33 bits per heavy atom. The monoisotopic (exact) mass is 345 g/mol. The lowest BCUT2D eigenvalue weighted by Crippen LogP contribution is -2.50. The third kappa shape index (κ3) is 3.67. The van der Waals surface area contributed by atoms with Gasteiger partial charge in [-0.15, -0.1) is 11.3 Å². The van der Waals surface area contributed by atoms with Gasteiger partial charge in [0.1, 0.15) is 5.01 Å². The van der Waals surface area contributed by atoms with E-state index in [1.54, 1.807) is 17.5 Å². The number of nitrogens with zero attached hydrogens (tertiary/aromatic N) is 3. The molecule has 128 valence electrons. The molecule has 2 aromatic rings. The molecular weight excluding hydrogens is 322 g/mol. The lowest BCUT2D eigenvalue weighted by Gasteiger charge is -2.38. The number of rotatable bonds is 6. The summed E-state index contributed by atoms with van der Waals surface area (Å²) >= 11 is 1.74. The molecule has 6 heteroatoms. The molecule has 0 N–H and O–H groups in total. The van der Waals surface area contributed by atoms with E-state index in [4.69, 9.17) is 9.47 Å². The van der Waals surface area contributed by atoms with E-state index < -0.39 is 0 Å². The van der Waals surface area contributed by atoms with Crippen molar-refractivity contribution in [3.8, 4) is 0 Å². The van der Waals surface area contributed by atoms with Crippen LogP contribution in [0.2, 0.25) is 0 Å². The molecular formula is C18H23N3O2S. The minimum atomic E-state index is 0.299. The van der Waals surface area contributed by atoms with Crippen LogP contribution < -0.4 is 0 Å². The molecule has 0 amide bonds. The molecule has 4 rings (SSSR count). The maximum absolute atomic E-state index is 6.12. The van der Waals surface area contributed by atoms with Crippen molar-refractivity contribution >= 4 is 11.3 Å². The van der Waals surface area contributed by atoms with Crippen LogP contribution in [0.1, 0.15) is 23.4 Å². The minimum Gasteiger partial charge on any atom is -0.376 e. The number of fused-ring (bicyclic) bond motifs is 1. The second-order valence-electron chi connectivity index (χ2n) is 6.51. The van der Waals surface area contributed by atoms with E-state index in [1.165, 1.54) is 17.8 Å². The van der Waals surface area contributed by atoms with E-state index in [1.807, 2.05) is 18.5 Å². The van der Waals surface area contributed by atoms with Gasteiger partial charge in [-0.1, -0.05) is 6.07 Å². The van der Waals surface area contributed by atoms with Crippen molar-refractivity contribution in [2.75, 3.05) is 19.8 Å². The van der Waals surface area contributed by atoms with Crippen LogP contribution in [0.3, 0.4) is 0 Å². The first-order valence-corrected chi connectivity index (χ1v) is 9.49. The van der Waals surface area contributed by atoms with Crippen molar-refractivity contribution in [2.45, 2.75) is 38.1 Å². The Morgan fingerprint density at radius 3 is 3.17 bits per heavy atom. The van der Waals surface area contributed by atoms with Crippen LogP contribution >= 0.6 is 11.3 Å². The topological polar surface area (TPSA) is 47.5 Å². The molecule has 1 aliphatic heterocycles. The molecule has 0 unspecified atom stereocenters. The average Bonchev–Trinajstić information content (AvgIpc) is 3.27. The average molecular weight is 345 g/mol. The zero-order valence-corrected chi connectivity index (χ0v) is 14.5. The highest BCUT2D eigenvalue weighted by Gasteiger charge is 2.42. The second kappa shape index (κ2) is 7.70. The van der Waals surface area contributed by atoms with Crippen molar-refractivity contribution in [1.82, 2.24) is 14.9 Å². The Kier molecular flexibility index (Phi) is 5.18. The van der Waals surface area contributed by atoms with Crippen LogP contribution in [0, 0.1) is 5.92 Å². The highest BCUT2D eigenvalue weighted by Crippen LogP contribution is 2.35. The summed E-state index contributed by atoms with van der Waals surface area (Å²) in [7, 11) is 0. The van der Waals surface area contributed by atoms with Gasteiger partial charge in [-0.3, -0.25) is 9.88 Å². The van der Waals surface area contributed by atoms with E-state index in [9.17, 15) is 0 Å². The SMILES string of the molecule is c1cncc(COC[C@@H]2CC[C@H]3[C@H]2OCCN3Cc2nccs2)c1. The number of aromatic nitrogens is 2. The lowest BCUT2D eigenvalue weighted by atomic mass is 10.0. The first-order valence-electron chi connectivity index (χ1n) is 8.61. The summed E-state index contributed by atoms with van der Waals surface area (Å²) in [6.45, 7) is 4.16. The highest BCUT2D eigenvalue weighted by atomic mass is 32.1. The number of hydrogen-bond acceptors (Lipinski definition) is 6. The molecule has 0 radical (unpaired) electrons. The third-order valence-corrected chi connectivity index (χ3v) is 5.74. The predicted molar refractivity (Wildman–Crippen MR) is 92.7 cm³/mol. The number of morpholine rings is 1. The van der Waals surface area contributed by atoms with Gasteiger partial charge < -0.3 is 9.47 Å². The summed E-state index contributed by atoms with van der Waals surface area (Å²) in [5.41, 5.74) is 1.13. The number of hydrogen-bond donors (Lipinski definition) is 0. The molecule has 1 aliphatic carbocycles. The fourth-order valence-electron chi connectivity index (χ4n) is 3.83. The number of pyridine rings is 1. The first-order chi connectivity index (χ1) is 11.9. The van der Waals surface area contributed by atoms with Gasteiger partial charge in [0.2, 0.25) is 0 Å². The molecule has 2 aromatic heterocycles. The molecule has 0 aromatic carbocycles. The molecule has 2 aliphatic rings. The van der Waals surface area contributed by atoms with Gasteiger partial charge in [-0.2, -0.15) is 0 Å². The third-order valence-electron chi connectivity index (χ3n) is 4.98. The second-order valence-corrected chi connectivity index (χ2v) is 7.49. The number of thiazole rings is 1. The van der Waals surface area contributed by atoms with Crippen LogP contribution in [-0.4, -0.2) is 46.8 Å². The van der Waals surface area contributed by atoms with E-state index >= 15 is 0 Å². The maximum Gasteiger partial charge on any atom is 0.107 e. The number of ether oxygens (including phenoxy) is 2. The summed E-state index contributed by atoms with van der Waals surface area (Å²) in [5.74, 6) is 0.491. The van der Waals surface area contributed by atoms with Crippen LogP contribution in [0.5, 0.6) is 0 Å². The fraction of sp³-hybridized carbons (Fsp3) is 0.556. The molecule has 1 saturated heterocycles. The van der Waals surface area contributed by atoms with E-state index in [-0.39, 0.29) is 0 Å². The minimum absolute atomic E-state index is 0.299. The zero-order chi connectivity index (χ0) is 16.2. The largest absolute Gasteiger partial charge is 0.376 e. The molecule has 3 atom stereocenters. The Hall–Kier alpha value is -1.34. The van der Waals surface area contributed by atoms with Gasteiger partial charge in [0.15, 0.2) is 0 Å². The molecule has 0 bridgehead atoms. The maximum atomic E-state index is 6.12. The van der Waals surface area contributed by atoms with Gasteiger partial charge >= 0.3 is 0 Å². The van der Waals surface area contributed by atoms with Crippen molar-refractivity contribution in [2.24, 2.45) is 5.92 Å². The smallest absolute Gasteiger partial charge is 0.107 e. The zero-order valence-electron chi connectivity index (χ0n) is 13.7. The van der Waals surface area contributed by atoms with Crippen LogP contribution in [0.4, 0.5) is 0 Å². The van der Waals surface area contributed by atoms with Gasteiger partial charge in [0.05, 0.1) is 32.5 Å². The summed E-state index contributed by atoms with van der Waals surface area (Å²) in [6, 6.07) is 4.51. The molecule has 5 nitrogen and oxygen atoms in total. The van der Waals surface area contributed by atoms with E-state index in [0.29, 0.717) is 24.7 Å². The molecule has 0 spiro atoms. The van der Waals surface area contributed by atoms with Gasteiger partial charge in [-0.25, -0.2) is 4.98 Å². The Balaban J connectivity index is 1.31. The van der Waals surface area contributed by atoms with E-state index in [2.05, 4.69) is 26.3 Å². The summed E-state index contributed by atoms with van der Waals surface area (Å²) in [5, 5.41) is 3.25. The normalized spacial score (nSPS) is 27.2. The van der Waals surface area contributed by atoms with Crippen molar-refractivity contribution in [3.63, 3.8) is 0 Å². The van der Waals surface area contributed by atoms with Crippen LogP contribution in [0.15, 0.2) is 36.1 Å². The summed E-state index contributed by atoms with van der Waals surface area (Å²) in [4.78, 5) is 11.1. The van der Waals surface area contributed by atoms with Gasteiger partial charge in [-0.05, 0) is 24.5 Å². The van der Waals surface area contributed by atoms with Crippen molar-refractivity contribution < 1.29 is 9.47 Å². The van der Waals surface area contributed by atoms with Gasteiger partial charge in [0, 0.05) is 42.5 Å². The molecule has 24 heavy (non-hydrogen) atoms. The Labute approximate surface area is 146 Å². The van der Waals surface area contributed by atoms with Crippen molar-refractivity contribution in [3.05, 3.63) is 46.7 Å². The Morgan fingerprint density at radius 2 is 2.33 bits per heavy atom. The summed E-state index contributed by atoms with van der Waals surface area (Å²) in [6.07, 6.45) is 8.21. The molecule has 3 heterocycles. The first kappa shape index (κ1) is 16.1. The van der Waals surface area contributed by atoms with Gasteiger partial charge in [0.25, 0.3) is 0 Å². The molecule has 2 fully saturated rings. The summed E-state index contributed by atoms with van der Waals surface area (Å²) < 4.78 is 12.1. The molecule has 1 saturated carbocycles. The fourth-order valence-corrected chi connectivity index (χ4v) is 4.47. The quantitative estimate of drug-likeness (QED) is 0.806. The Bertz CT molecular complexity index is 622. The van der Waals surface area contributed by atoms with Crippen LogP contribution in [0.25, 0.3) is 0 Å². The highest BCUT2D eigenvalue weighted by molar-refractivity contribution is 7.09. The lowest BCUT2D eigenvalue weighted by molar-refractivity contribution is -0.0891.